The first kappa shape index (κ1) is 28.4. The van der Waals surface area contributed by atoms with Crippen LogP contribution < -0.4 is 0 Å². The number of benzene rings is 2. The molecule has 2 saturated heterocycles. The number of ketones is 1. The monoisotopic (exact) mass is 552 g/mol. The molecule has 40 heavy (non-hydrogen) atoms. The molecule has 11 heteroatoms. The van der Waals surface area contributed by atoms with Gasteiger partial charge in [0.1, 0.15) is 61.0 Å². The Morgan fingerprint density at radius 2 is 0.975 bits per heavy atom. The topological polar surface area (TPSA) is 197 Å². The highest BCUT2D eigenvalue weighted by atomic mass is 16.5. The van der Waals surface area contributed by atoms with Crippen molar-refractivity contribution in [2.24, 2.45) is 0 Å². The summed E-state index contributed by atoms with van der Waals surface area (Å²) in [7, 11) is 0. The van der Waals surface area contributed by atoms with E-state index in [-0.39, 0.29) is 5.78 Å². The van der Waals surface area contributed by atoms with Gasteiger partial charge in [0.05, 0.1) is 13.2 Å². The van der Waals surface area contributed by atoms with Crippen molar-refractivity contribution in [3.05, 3.63) is 58.7 Å². The Morgan fingerprint density at radius 1 is 0.575 bits per heavy atom. The van der Waals surface area contributed by atoms with Crippen molar-refractivity contribution in [2.45, 2.75) is 61.0 Å². The standard InChI is InChI=1S/C29H28O11/c30-11-21-26(35)28(37)24(33)19(39-21)7-3-13-1-5-15-16-6-2-14(10-18(16)23(32)17(15)9-13)4-8-20-25(34)29(38)27(36)22(12-31)40-20/h1-2,5-6,9-10,19-22,24-31,33-38H,11-12H2/t19?,20?,21?,22?,24?,25?,26-,27-,28?,29?/m1/s1. The van der Waals surface area contributed by atoms with Crippen LogP contribution in [0.2, 0.25) is 0 Å². The first-order chi connectivity index (χ1) is 19.1. The summed E-state index contributed by atoms with van der Waals surface area (Å²) in [5, 5.41) is 78.8. The third-order valence-corrected chi connectivity index (χ3v) is 7.32. The molecular formula is C29H28O11. The summed E-state index contributed by atoms with van der Waals surface area (Å²) in [6, 6.07) is 10.0. The molecule has 1 aliphatic carbocycles. The van der Waals surface area contributed by atoms with Gasteiger partial charge in [-0.3, -0.25) is 4.79 Å². The minimum absolute atomic E-state index is 0.266. The molecule has 2 aromatic rings. The second-order valence-electron chi connectivity index (χ2n) is 9.89. The molecule has 0 aromatic heterocycles. The van der Waals surface area contributed by atoms with Crippen molar-refractivity contribution >= 4 is 5.78 Å². The van der Waals surface area contributed by atoms with Gasteiger partial charge in [0.15, 0.2) is 5.78 Å². The van der Waals surface area contributed by atoms with E-state index in [1.54, 1.807) is 36.4 Å². The number of carbonyl (C=O) groups excluding carboxylic acids is 1. The quantitative estimate of drug-likeness (QED) is 0.154. The fourth-order valence-electron chi connectivity index (χ4n) is 4.99. The van der Waals surface area contributed by atoms with Gasteiger partial charge in [-0.15, -0.1) is 0 Å². The third kappa shape index (κ3) is 5.05. The minimum Gasteiger partial charge on any atom is -0.394 e. The molecule has 0 radical (unpaired) electrons. The van der Waals surface area contributed by atoms with Gasteiger partial charge in [-0.25, -0.2) is 0 Å². The lowest BCUT2D eigenvalue weighted by Crippen LogP contribution is -2.58. The Morgan fingerprint density at radius 3 is 1.35 bits per heavy atom. The zero-order valence-electron chi connectivity index (χ0n) is 21.0. The van der Waals surface area contributed by atoms with E-state index in [1.807, 2.05) is 0 Å². The van der Waals surface area contributed by atoms with E-state index in [1.165, 1.54) is 0 Å². The van der Waals surface area contributed by atoms with Gasteiger partial charge in [-0.05, 0) is 35.4 Å². The molecule has 10 atom stereocenters. The van der Waals surface area contributed by atoms with Gasteiger partial charge in [-0.2, -0.15) is 0 Å². The average molecular weight is 553 g/mol. The van der Waals surface area contributed by atoms with Crippen LogP contribution in [0.25, 0.3) is 11.1 Å². The number of aliphatic hydroxyl groups excluding tert-OH is 8. The predicted octanol–water partition coefficient (Wildman–Crippen LogP) is -2.71. The van der Waals surface area contributed by atoms with Crippen LogP contribution in [0.4, 0.5) is 0 Å². The summed E-state index contributed by atoms with van der Waals surface area (Å²) in [6.07, 6.45) is -13.5. The lowest BCUT2D eigenvalue weighted by atomic mass is 9.95. The summed E-state index contributed by atoms with van der Waals surface area (Å²) in [5.41, 5.74) is 3.06. The number of aliphatic hydroxyl groups is 8. The van der Waals surface area contributed by atoms with Crippen molar-refractivity contribution in [3.8, 4) is 34.8 Å². The van der Waals surface area contributed by atoms with Gasteiger partial charge in [0.2, 0.25) is 0 Å². The van der Waals surface area contributed by atoms with Crippen LogP contribution in [0.3, 0.4) is 0 Å². The van der Waals surface area contributed by atoms with Crippen LogP contribution in [-0.2, 0) is 9.47 Å². The molecule has 0 amide bonds. The minimum atomic E-state index is -1.54. The maximum absolute atomic E-state index is 13.2. The van der Waals surface area contributed by atoms with Crippen molar-refractivity contribution in [3.63, 3.8) is 0 Å². The van der Waals surface area contributed by atoms with Crippen molar-refractivity contribution in [2.75, 3.05) is 13.2 Å². The molecule has 8 N–H and O–H groups in total. The first-order valence-corrected chi connectivity index (χ1v) is 12.6. The van der Waals surface area contributed by atoms with Crippen LogP contribution in [0.1, 0.15) is 27.0 Å². The summed E-state index contributed by atoms with van der Waals surface area (Å²) < 4.78 is 10.8. The van der Waals surface area contributed by atoms with Crippen LogP contribution in [0.15, 0.2) is 36.4 Å². The van der Waals surface area contributed by atoms with E-state index in [0.717, 1.165) is 0 Å². The summed E-state index contributed by atoms with van der Waals surface area (Å²) in [6.45, 7) is -1.13. The van der Waals surface area contributed by atoms with Crippen LogP contribution >= 0.6 is 0 Å². The van der Waals surface area contributed by atoms with Gasteiger partial charge < -0.3 is 50.3 Å². The fourth-order valence-corrected chi connectivity index (χ4v) is 4.99. The van der Waals surface area contributed by atoms with Gasteiger partial charge >= 0.3 is 0 Å². The molecule has 0 spiro atoms. The largest absolute Gasteiger partial charge is 0.394 e. The van der Waals surface area contributed by atoms with Crippen LogP contribution in [0.5, 0.6) is 0 Å². The van der Waals surface area contributed by atoms with Gasteiger partial charge in [0.25, 0.3) is 0 Å². The number of hydrogen-bond donors (Lipinski definition) is 8. The van der Waals surface area contributed by atoms with E-state index in [4.69, 9.17) is 9.47 Å². The van der Waals surface area contributed by atoms with Gasteiger partial charge in [0, 0.05) is 22.3 Å². The molecule has 8 unspecified atom stereocenters. The SMILES string of the molecule is O=C1c2cc(C#CC3OC(CO)[C@@H](O)C(O)C3O)ccc2-c2ccc(C#CC3OC(CO)[C@@H](O)C(O)C3O)cc21. The third-order valence-electron chi connectivity index (χ3n) is 7.32. The summed E-state index contributed by atoms with van der Waals surface area (Å²) in [5.74, 6) is 10.7. The molecule has 2 aromatic carbocycles. The number of rotatable bonds is 2. The normalized spacial score (nSPS) is 34.6. The zero-order valence-corrected chi connectivity index (χ0v) is 21.0. The lowest BCUT2D eigenvalue weighted by molar-refractivity contribution is -0.214. The maximum atomic E-state index is 13.2. The molecule has 11 nitrogen and oxygen atoms in total. The summed E-state index contributed by atoms with van der Waals surface area (Å²) in [4.78, 5) is 13.2. The van der Waals surface area contributed by atoms with E-state index < -0.39 is 74.3 Å². The number of ether oxygens (including phenoxy) is 2. The van der Waals surface area contributed by atoms with Crippen LogP contribution in [-0.4, -0.2) is 121 Å². The predicted molar refractivity (Wildman–Crippen MR) is 137 cm³/mol. The molecule has 3 aliphatic rings. The molecule has 2 heterocycles. The van der Waals surface area contributed by atoms with Crippen molar-refractivity contribution in [1.82, 2.24) is 0 Å². The van der Waals surface area contributed by atoms with Crippen LogP contribution in [0, 0.1) is 23.7 Å². The Labute approximate surface area is 228 Å². The molecule has 5 rings (SSSR count). The second-order valence-corrected chi connectivity index (χ2v) is 9.89. The Hall–Kier alpha value is -3.17. The van der Waals surface area contributed by atoms with Crippen molar-refractivity contribution < 1.29 is 55.1 Å². The molecule has 0 bridgehead atoms. The smallest absolute Gasteiger partial charge is 0.194 e. The van der Waals surface area contributed by atoms with Gasteiger partial charge in [-0.1, -0.05) is 35.8 Å². The highest BCUT2D eigenvalue weighted by molar-refractivity contribution is 6.22. The number of fused-ring (bicyclic) bond motifs is 3. The fraction of sp³-hybridized carbons (Fsp3) is 0.414. The van der Waals surface area contributed by atoms with Crippen molar-refractivity contribution in [1.29, 1.82) is 0 Å². The maximum Gasteiger partial charge on any atom is 0.194 e. The van der Waals surface area contributed by atoms with E-state index >= 15 is 0 Å². The molecular weight excluding hydrogens is 524 g/mol. The number of carbonyl (C=O) groups is 1. The molecule has 2 fully saturated rings. The Balaban J connectivity index is 1.35. The zero-order chi connectivity index (χ0) is 28.7. The summed E-state index contributed by atoms with van der Waals surface area (Å²) >= 11 is 0. The highest BCUT2D eigenvalue weighted by Gasteiger charge is 2.43. The van der Waals surface area contributed by atoms with E-state index in [2.05, 4.69) is 23.7 Å². The molecule has 2 aliphatic heterocycles. The average Bonchev–Trinajstić information content (AvgIpc) is 3.24. The Bertz CT molecular complexity index is 1310. The second kappa shape index (κ2) is 11.4. The lowest BCUT2D eigenvalue weighted by Gasteiger charge is -2.37. The number of hydrogen-bond acceptors (Lipinski definition) is 11. The van der Waals surface area contributed by atoms with E-state index in [9.17, 15) is 45.6 Å². The molecule has 0 saturated carbocycles. The first-order valence-electron chi connectivity index (χ1n) is 12.6. The Kier molecular flexibility index (Phi) is 8.06. The molecule has 210 valence electrons. The highest BCUT2D eigenvalue weighted by Crippen LogP contribution is 2.37. The van der Waals surface area contributed by atoms with E-state index in [0.29, 0.717) is 33.4 Å².